The Bertz CT molecular complexity index is 840. The number of rotatable bonds is 3. The molecule has 4 heterocycles. The van der Waals surface area contributed by atoms with Crippen molar-refractivity contribution in [2.24, 2.45) is 17.8 Å². The molecule has 5 heteroatoms. The van der Waals surface area contributed by atoms with Crippen molar-refractivity contribution in [1.29, 1.82) is 5.26 Å². The number of anilines is 1. The molecule has 1 amide bonds. The summed E-state index contributed by atoms with van der Waals surface area (Å²) in [6, 6.07) is 6.96. The maximum atomic E-state index is 13.1. The highest BCUT2D eigenvalue weighted by Gasteiger charge is 2.50. The molecular weight excluding hydrogens is 372 g/mol. The molecule has 1 aliphatic carbocycles. The number of aryl methyl sites for hydroxylation is 1. The van der Waals surface area contributed by atoms with Gasteiger partial charge in [-0.2, -0.15) is 5.26 Å². The predicted molar refractivity (Wildman–Crippen MR) is 117 cm³/mol. The number of nitrogens with zero attached hydrogens (tertiary/aromatic N) is 4. The highest BCUT2D eigenvalue weighted by Crippen LogP contribution is 2.45. The molecule has 2 bridgehead atoms. The molecule has 4 atom stereocenters. The smallest absolute Gasteiger partial charge is 0.223 e. The van der Waals surface area contributed by atoms with Gasteiger partial charge in [0.1, 0.15) is 11.9 Å². The number of piperidine rings is 3. The first-order chi connectivity index (χ1) is 14.6. The zero-order valence-electron chi connectivity index (χ0n) is 18.2. The zero-order valence-corrected chi connectivity index (χ0v) is 18.2. The summed E-state index contributed by atoms with van der Waals surface area (Å²) in [5, 5.41) is 9.66. The summed E-state index contributed by atoms with van der Waals surface area (Å²) in [4.78, 5) is 22.6. The van der Waals surface area contributed by atoms with Crippen LogP contribution < -0.4 is 4.90 Å². The minimum Gasteiger partial charge on any atom is -0.355 e. The van der Waals surface area contributed by atoms with Crippen LogP contribution in [0.25, 0.3) is 0 Å². The lowest BCUT2D eigenvalue weighted by atomic mass is 9.69. The summed E-state index contributed by atoms with van der Waals surface area (Å²) in [6.45, 7) is 3.85. The van der Waals surface area contributed by atoms with Gasteiger partial charge in [-0.05, 0) is 62.5 Å². The molecule has 0 unspecified atom stereocenters. The van der Waals surface area contributed by atoms with Gasteiger partial charge < -0.3 is 9.80 Å². The van der Waals surface area contributed by atoms with E-state index < -0.39 is 0 Å². The zero-order chi connectivity index (χ0) is 20.7. The lowest BCUT2D eigenvalue weighted by Crippen LogP contribution is -2.65. The van der Waals surface area contributed by atoms with E-state index in [0.717, 1.165) is 49.8 Å². The molecule has 3 saturated heterocycles. The Morgan fingerprint density at radius 1 is 1.10 bits per heavy atom. The standard InChI is InChI=1S/C25H34N4O/c1-17-10-11-19(14-26)25(27-17)28-15-20-13-21(16-28)23(12-18-6-3-2-4-7-18)29-22(20)8-5-9-24(29)30/h10-11,18,20-23H,2-9,12-13,15-16H2,1H3/t20-,21+,22+,23+/m1/s1. The second-order valence-electron chi connectivity index (χ2n) is 10.2. The third kappa shape index (κ3) is 3.59. The molecule has 4 fully saturated rings. The van der Waals surface area contributed by atoms with E-state index in [2.05, 4.69) is 15.9 Å². The highest BCUT2D eigenvalue weighted by molar-refractivity contribution is 5.78. The maximum absolute atomic E-state index is 13.1. The first-order valence-corrected chi connectivity index (χ1v) is 12.1. The topological polar surface area (TPSA) is 60.2 Å². The van der Waals surface area contributed by atoms with Gasteiger partial charge in [0.25, 0.3) is 0 Å². The van der Waals surface area contributed by atoms with Gasteiger partial charge in [-0.3, -0.25) is 4.79 Å². The van der Waals surface area contributed by atoms with Crippen LogP contribution in [0.1, 0.15) is 75.5 Å². The minimum atomic E-state index is 0.375. The molecule has 30 heavy (non-hydrogen) atoms. The largest absolute Gasteiger partial charge is 0.355 e. The van der Waals surface area contributed by atoms with E-state index in [0.29, 0.717) is 35.4 Å². The van der Waals surface area contributed by atoms with Crippen LogP contribution in [0.5, 0.6) is 0 Å². The number of carbonyl (C=O) groups is 1. The molecule has 1 aromatic heterocycles. The van der Waals surface area contributed by atoms with Crippen LogP contribution in [0.15, 0.2) is 12.1 Å². The lowest BCUT2D eigenvalue weighted by molar-refractivity contribution is -0.149. The third-order valence-corrected chi connectivity index (χ3v) is 8.23. The fourth-order valence-corrected chi connectivity index (χ4v) is 6.89. The number of hydrogen-bond acceptors (Lipinski definition) is 4. The molecule has 5 rings (SSSR count). The van der Waals surface area contributed by atoms with E-state index in [1.165, 1.54) is 44.9 Å². The summed E-state index contributed by atoms with van der Waals surface area (Å²) >= 11 is 0. The number of amides is 1. The summed E-state index contributed by atoms with van der Waals surface area (Å²) in [7, 11) is 0. The van der Waals surface area contributed by atoms with Crippen molar-refractivity contribution in [3.8, 4) is 6.07 Å². The maximum Gasteiger partial charge on any atom is 0.223 e. The third-order valence-electron chi connectivity index (χ3n) is 8.23. The monoisotopic (exact) mass is 406 g/mol. The average molecular weight is 407 g/mol. The van der Waals surface area contributed by atoms with Crippen molar-refractivity contribution in [3.63, 3.8) is 0 Å². The van der Waals surface area contributed by atoms with Gasteiger partial charge in [0.15, 0.2) is 0 Å². The quantitative estimate of drug-likeness (QED) is 0.745. The number of carbonyl (C=O) groups excluding carboxylic acids is 1. The molecule has 0 aromatic carbocycles. The first kappa shape index (κ1) is 19.8. The molecule has 160 valence electrons. The van der Waals surface area contributed by atoms with Crippen LogP contribution in [0.3, 0.4) is 0 Å². The van der Waals surface area contributed by atoms with Crippen LogP contribution in [-0.2, 0) is 4.79 Å². The number of hydrogen-bond donors (Lipinski definition) is 0. The fraction of sp³-hybridized carbons (Fsp3) is 0.720. The summed E-state index contributed by atoms with van der Waals surface area (Å²) in [5.74, 6) is 3.04. The molecule has 0 spiro atoms. The van der Waals surface area contributed by atoms with Crippen LogP contribution in [0, 0.1) is 36.0 Å². The molecule has 0 N–H and O–H groups in total. The fourth-order valence-electron chi connectivity index (χ4n) is 6.89. The molecule has 1 aromatic rings. The molecule has 5 nitrogen and oxygen atoms in total. The minimum absolute atomic E-state index is 0.375. The van der Waals surface area contributed by atoms with E-state index in [1.807, 2.05) is 19.1 Å². The lowest BCUT2D eigenvalue weighted by Gasteiger charge is -2.57. The molecule has 0 radical (unpaired) electrons. The summed E-state index contributed by atoms with van der Waals surface area (Å²) in [5.41, 5.74) is 1.65. The van der Waals surface area contributed by atoms with Gasteiger partial charge in [-0.15, -0.1) is 0 Å². The second-order valence-corrected chi connectivity index (χ2v) is 10.2. The normalized spacial score (nSPS) is 31.9. The Labute approximate surface area is 180 Å². The van der Waals surface area contributed by atoms with Crippen LogP contribution in [0.4, 0.5) is 5.82 Å². The van der Waals surface area contributed by atoms with Gasteiger partial charge in [0, 0.05) is 37.3 Å². The van der Waals surface area contributed by atoms with E-state index in [1.54, 1.807) is 0 Å². The van der Waals surface area contributed by atoms with Crippen LogP contribution in [0.2, 0.25) is 0 Å². The van der Waals surface area contributed by atoms with E-state index >= 15 is 0 Å². The summed E-state index contributed by atoms with van der Waals surface area (Å²) in [6.07, 6.45) is 12.1. The van der Waals surface area contributed by atoms with E-state index in [9.17, 15) is 10.1 Å². The molecule has 3 aliphatic heterocycles. The molecule has 1 saturated carbocycles. The van der Waals surface area contributed by atoms with Crippen molar-refractivity contribution in [2.45, 2.75) is 83.2 Å². The van der Waals surface area contributed by atoms with Crippen LogP contribution in [-0.4, -0.2) is 41.0 Å². The van der Waals surface area contributed by atoms with E-state index in [4.69, 9.17) is 4.98 Å². The van der Waals surface area contributed by atoms with Crippen LogP contribution >= 0.6 is 0 Å². The Morgan fingerprint density at radius 3 is 2.70 bits per heavy atom. The van der Waals surface area contributed by atoms with Gasteiger partial charge in [-0.25, -0.2) is 4.98 Å². The molecule has 4 aliphatic rings. The number of fused-ring (bicyclic) bond motifs is 4. The number of aromatic nitrogens is 1. The number of nitriles is 1. The van der Waals surface area contributed by atoms with Crippen molar-refractivity contribution in [3.05, 3.63) is 23.4 Å². The van der Waals surface area contributed by atoms with Gasteiger partial charge in [0.05, 0.1) is 5.56 Å². The van der Waals surface area contributed by atoms with Gasteiger partial charge >= 0.3 is 0 Å². The van der Waals surface area contributed by atoms with Gasteiger partial charge in [-0.1, -0.05) is 32.1 Å². The average Bonchev–Trinajstić information content (AvgIpc) is 2.77. The Hall–Kier alpha value is -2.09. The van der Waals surface area contributed by atoms with Crippen molar-refractivity contribution in [2.75, 3.05) is 18.0 Å². The first-order valence-electron chi connectivity index (χ1n) is 12.1. The molecular formula is C25H34N4O. The van der Waals surface area contributed by atoms with Crippen molar-refractivity contribution < 1.29 is 4.79 Å². The highest BCUT2D eigenvalue weighted by atomic mass is 16.2. The van der Waals surface area contributed by atoms with Gasteiger partial charge in [0.2, 0.25) is 5.91 Å². The van der Waals surface area contributed by atoms with Crippen molar-refractivity contribution >= 4 is 11.7 Å². The Kier molecular flexibility index (Phi) is 5.43. The van der Waals surface area contributed by atoms with Crippen molar-refractivity contribution in [1.82, 2.24) is 9.88 Å². The number of pyridine rings is 1. The second kappa shape index (κ2) is 8.21. The Morgan fingerprint density at radius 2 is 1.90 bits per heavy atom. The Balaban J connectivity index is 1.45. The predicted octanol–water partition coefficient (Wildman–Crippen LogP) is 4.44. The summed E-state index contributed by atoms with van der Waals surface area (Å²) < 4.78 is 0. The van der Waals surface area contributed by atoms with E-state index in [-0.39, 0.29) is 0 Å². The SMILES string of the molecule is Cc1ccc(C#N)c(N2C[C@H]3C[C@@H](C2)[C@H](CC2CCCCC2)N2C(=O)CCC[C@@H]32)n1.